The van der Waals surface area contributed by atoms with Crippen molar-refractivity contribution in [2.24, 2.45) is 17.3 Å². The van der Waals surface area contributed by atoms with E-state index in [4.69, 9.17) is 5.11 Å². The fourth-order valence-electron chi connectivity index (χ4n) is 2.73. The number of aliphatic hydroxyl groups is 2. The minimum atomic E-state index is -0.802. The largest absolute Gasteiger partial charge is 0.394 e. The number of nitrogens with one attached hydrogen (secondary N) is 1. The van der Waals surface area contributed by atoms with Crippen molar-refractivity contribution in [2.75, 3.05) is 26.2 Å². The smallest absolute Gasteiger partial charge is 0.317 e. The topological polar surface area (TPSA) is 96.6 Å². The van der Waals surface area contributed by atoms with Crippen molar-refractivity contribution in [2.45, 2.75) is 39.7 Å². The molecule has 0 bridgehead atoms. The zero-order valence-electron chi connectivity index (χ0n) is 13.2. The first-order valence-electron chi connectivity index (χ1n) is 7.48. The zero-order valence-corrected chi connectivity index (χ0v) is 13.2. The van der Waals surface area contributed by atoms with Crippen LogP contribution in [-0.4, -0.2) is 53.5 Å². The monoisotopic (exact) mass is 297 g/mol. The van der Waals surface area contributed by atoms with Gasteiger partial charge in [0, 0.05) is 19.6 Å². The first-order valence-corrected chi connectivity index (χ1v) is 7.48. The highest BCUT2D eigenvalue weighted by Gasteiger charge is 2.37. The second kappa shape index (κ2) is 7.62. The summed E-state index contributed by atoms with van der Waals surface area (Å²) < 4.78 is 0. The van der Waals surface area contributed by atoms with Crippen molar-refractivity contribution in [1.29, 1.82) is 5.26 Å². The Labute approximate surface area is 126 Å². The Morgan fingerprint density at radius 1 is 1.48 bits per heavy atom. The highest BCUT2D eigenvalue weighted by molar-refractivity contribution is 5.74. The molecule has 0 saturated carbocycles. The predicted molar refractivity (Wildman–Crippen MR) is 79.3 cm³/mol. The number of likely N-dealkylation sites (tertiary alicyclic amines) is 1. The van der Waals surface area contributed by atoms with Crippen molar-refractivity contribution >= 4 is 6.03 Å². The van der Waals surface area contributed by atoms with Crippen molar-refractivity contribution in [3.8, 4) is 6.07 Å². The molecular formula is C15H27N3O3. The molecule has 1 rings (SSSR count). The molecule has 0 aromatic rings. The molecule has 1 heterocycles. The fraction of sp³-hybridized carbons (Fsp3) is 0.867. The Morgan fingerprint density at radius 2 is 2.14 bits per heavy atom. The van der Waals surface area contributed by atoms with E-state index >= 15 is 0 Å². The van der Waals surface area contributed by atoms with Gasteiger partial charge in [0.1, 0.15) is 0 Å². The first kappa shape index (κ1) is 17.7. The lowest BCUT2D eigenvalue weighted by atomic mass is 9.80. The van der Waals surface area contributed by atoms with E-state index < -0.39 is 6.10 Å². The summed E-state index contributed by atoms with van der Waals surface area (Å²) in [6.45, 7) is 7.50. The molecule has 3 atom stereocenters. The van der Waals surface area contributed by atoms with Crippen LogP contribution in [0.4, 0.5) is 4.79 Å². The lowest BCUT2D eigenvalue weighted by Crippen LogP contribution is -2.40. The van der Waals surface area contributed by atoms with Crippen LogP contribution in [-0.2, 0) is 0 Å². The van der Waals surface area contributed by atoms with Crippen molar-refractivity contribution in [1.82, 2.24) is 10.2 Å². The number of rotatable bonds is 5. The number of hydrogen-bond donors (Lipinski definition) is 3. The van der Waals surface area contributed by atoms with Crippen LogP contribution in [0.15, 0.2) is 0 Å². The number of nitrogens with zero attached hydrogens (tertiary/aromatic N) is 2. The van der Waals surface area contributed by atoms with E-state index in [-0.39, 0.29) is 29.9 Å². The van der Waals surface area contributed by atoms with Gasteiger partial charge in [0.05, 0.1) is 24.7 Å². The molecule has 0 spiro atoms. The third-order valence-electron chi connectivity index (χ3n) is 3.73. The Morgan fingerprint density at radius 3 is 2.67 bits per heavy atom. The van der Waals surface area contributed by atoms with E-state index in [0.717, 1.165) is 6.42 Å². The molecule has 3 N–H and O–H groups in total. The van der Waals surface area contributed by atoms with Crippen LogP contribution in [0.5, 0.6) is 0 Å². The minimum Gasteiger partial charge on any atom is -0.394 e. The quantitative estimate of drug-likeness (QED) is 0.704. The fourth-order valence-corrected chi connectivity index (χ4v) is 2.73. The summed E-state index contributed by atoms with van der Waals surface area (Å²) >= 11 is 0. The van der Waals surface area contributed by atoms with Crippen LogP contribution in [0.25, 0.3) is 0 Å². The lowest BCUT2D eigenvalue weighted by Gasteiger charge is -2.24. The third kappa shape index (κ3) is 5.90. The number of carbonyl (C=O) groups is 1. The third-order valence-corrected chi connectivity index (χ3v) is 3.73. The van der Waals surface area contributed by atoms with Crippen molar-refractivity contribution in [3.63, 3.8) is 0 Å². The van der Waals surface area contributed by atoms with Gasteiger partial charge in [-0.05, 0) is 24.2 Å². The SMILES string of the molecule is CC(C)(C)CC1CN(C(=O)NCC[C@H](O)CO)CC1C#N. The van der Waals surface area contributed by atoms with E-state index in [0.29, 0.717) is 26.1 Å². The van der Waals surface area contributed by atoms with E-state index in [1.54, 1.807) is 4.90 Å². The van der Waals surface area contributed by atoms with Gasteiger partial charge in [-0.25, -0.2) is 4.79 Å². The van der Waals surface area contributed by atoms with Crippen molar-refractivity contribution in [3.05, 3.63) is 0 Å². The molecule has 0 aromatic carbocycles. The van der Waals surface area contributed by atoms with Crippen LogP contribution < -0.4 is 5.32 Å². The maximum atomic E-state index is 12.0. The van der Waals surface area contributed by atoms with Crippen LogP contribution in [0.3, 0.4) is 0 Å². The van der Waals surface area contributed by atoms with Gasteiger partial charge in [0.15, 0.2) is 0 Å². The number of urea groups is 1. The second-order valence-corrected chi connectivity index (χ2v) is 7.02. The van der Waals surface area contributed by atoms with Gasteiger partial charge in [0.2, 0.25) is 0 Å². The van der Waals surface area contributed by atoms with Gasteiger partial charge < -0.3 is 20.4 Å². The van der Waals surface area contributed by atoms with Crippen LogP contribution in [0.2, 0.25) is 0 Å². The number of carbonyl (C=O) groups excluding carboxylic acids is 1. The maximum absolute atomic E-state index is 12.0. The van der Waals surface area contributed by atoms with E-state index in [1.165, 1.54) is 0 Å². The van der Waals surface area contributed by atoms with Gasteiger partial charge in [-0.15, -0.1) is 0 Å². The van der Waals surface area contributed by atoms with E-state index in [2.05, 4.69) is 32.2 Å². The summed E-state index contributed by atoms with van der Waals surface area (Å²) in [7, 11) is 0. The second-order valence-electron chi connectivity index (χ2n) is 7.02. The average Bonchev–Trinajstić information content (AvgIpc) is 2.79. The molecule has 2 amide bonds. The van der Waals surface area contributed by atoms with Crippen LogP contribution in [0, 0.1) is 28.6 Å². The van der Waals surface area contributed by atoms with Crippen LogP contribution in [0.1, 0.15) is 33.6 Å². The zero-order chi connectivity index (χ0) is 16.0. The molecule has 2 unspecified atom stereocenters. The molecular weight excluding hydrogens is 270 g/mol. The van der Waals surface area contributed by atoms with Crippen molar-refractivity contribution < 1.29 is 15.0 Å². The number of amides is 2. The van der Waals surface area contributed by atoms with E-state index in [1.807, 2.05) is 0 Å². The predicted octanol–water partition coefficient (Wildman–Crippen LogP) is 0.947. The lowest BCUT2D eigenvalue weighted by molar-refractivity contribution is 0.0884. The molecule has 1 aliphatic heterocycles. The van der Waals surface area contributed by atoms with Gasteiger partial charge in [0.25, 0.3) is 0 Å². The molecule has 6 heteroatoms. The normalized spacial score (nSPS) is 23.7. The summed E-state index contributed by atoms with van der Waals surface area (Å²) in [6.07, 6.45) is 0.436. The Kier molecular flexibility index (Phi) is 6.43. The van der Waals surface area contributed by atoms with Crippen LogP contribution >= 0.6 is 0 Å². The summed E-state index contributed by atoms with van der Waals surface area (Å²) in [4.78, 5) is 13.7. The molecule has 0 aliphatic carbocycles. The molecule has 120 valence electrons. The van der Waals surface area contributed by atoms with Gasteiger partial charge in [-0.1, -0.05) is 20.8 Å². The molecule has 21 heavy (non-hydrogen) atoms. The summed E-state index contributed by atoms with van der Waals surface area (Å²) in [5.74, 6) is 0.0989. The Hall–Kier alpha value is -1.32. The Balaban J connectivity index is 2.46. The number of hydrogen-bond acceptors (Lipinski definition) is 4. The minimum absolute atomic E-state index is 0.113. The molecule has 1 aliphatic rings. The first-order chi connectivity index (χ1) is 9.76. The molecule has 1 saturated heterocycles. The Bertz CT molecular complexity index is 387. The molecule has 6 nitrogen and oxygen atoms in total. The molecule has 0 radical (unpaired) electrons. The highest BCUT2D eigenvalue weighted by atomic mass is 16.3. The van der Waals surface area contributed by atoms with Gasteiger partial charge >= 0.3 is 6.03 Å². The van der Waals surface area contributed by atoms with Gasteiger partial charge in [-0.2, -0.15) is 5.26 Å². The van der Waals surface area contributed by atoms with E-state index in [9.17, 15) is 15.2 Å². The standard InChI is InChI=1S/C15H27N3O3/c1-15(2,3)6-11-8-18(9-12(11)7-16)14(21)17-5-4-13(20)10-19/h11-13,19-20H,4-6,8-10H2,1-3H3,(H,17,21)/t11?,12?,13-/m0/s1. The average molecular weight is 297 g/mol. The van der Waals surface area contributed by atoms with Gasteiger partial charge in [-0.3, -0.25) is 0 Å². The summed E-state index contributed by atoms with van der Waals surface area (Å²) in [5.41, 5.74) is 0.136. The number of aliphatic hydroxyl groups excluding tert-OH is 2. The molecule has 1 fully saturated rings. The summed E-state index contributed by atoms with van der Waals surface area (Å²) in [6, 6.07) is 2.11. The summed E-state index contributed by atoms with van der Waals surface area (Å²) in [5, 5.41) is 29.9. The number of nitriles is 1. The molecule has 0 aromatic heterocycles. The maximum Gasteiger partial charge on any atom is 0.317 e. The highest BCUT2D eigenvalue weighted by Crippen LogP contribution is 2.33.